The Morgan fingerprint density at radius 2 is 2.13 bits per heavy atom. The van der Waals surface area contributed by atoms with Crippen molar-refractivity contribution in [3.05, 3.63) is 52.4 Å². The fourth-order valence-corrected chi connectivity index (χ4v) is 2.76. The van der Waals surface area contributed by atoms with Crippen LogP contribution in [0.4, 0.5) is 0 Å². The van der Waals surface area contributed by atoms with Gasteiger partial charge >= 0.3 is 0 Å². The van der Waals surface area contributed by atoms with Crippen molar-refractivity contribution in [3.63, 3.8) is 0 Å². The van der Waals surface area contributed by atoms with Crippen LogP contribution in [0.25, 0.3) is 16.7 Å². The summed E-state index contributed by atoms with van der Waals surface area (Å²) in [5.41, 5.74) is 2.33. The molecule has 4 aromatic heterocycles. The van der Waals surface area contributed by atoms with Crippen molar-refractivity contribution in [1.29, 1.82) is 0 Å². The Balaban J connectivity index is 1.85. The van der Waals surface area contributed by atoms with Gasteiger partial charge < -0.3 is 9.55 Å². The summed E-state index contributed by atoms with van der Waals surface area (Å²) in [6.45, 7) is 4.21. The normalized spacial score (nSPS) is 11.6. The van der Waals surface area contributed by atoms with Crippen LogP contribution in [0.3, 0.4) is 0 Å². The number of hydrogen-bond acceptors (Lipinski definition) is 5. The molecule has 0 spiro atoms. The lowest BCUT2D eigenvalue weighted by atomic mass is 10.2. The predicted octanol–water partition coefficient (Wildman–Crippen LogP) is 1.02. The van der Waals surface area contributed by atoms with Gasteiger partial charge in [0, 0.05) is 31.1 Å². The molecule has 0 saturated heterocycles. The second-order valence-electron chi connectivity index (χ2n) is 5.47. The molecule has 4 rings (SSSR count). The summed E-state index contributed by atoms with van der Waals surface area (Å²) in [5, 5.41) is 4.90. The standard InChI is InChI=1S/C15H15N7O/c1-9-13-12(22-15(18-9)19-10(2)20-22)4-6-21(14(13)23)5-3-11-7-16-8-17-11/h4,6-8H,3,5H2,1-2H3,(H,16,17). The minimum absolute atomic E-state index is 0.0675. The number of aromatic amines is 1. The molecule has 0 radical (unpaired) electrons. The van der Waals surface area contributed by atoms with Gasteiger partial charge in [-0.05, 0) is 19.9 Å². The first-order chi connectivity index (χ1) is 11.1. The summed E-state index contributed by atoms with van der Waals surface area (Å²) in [5.74, 6) is 1.15. The molecule has 1 N–H and O–H groups in total. The van der Waals surface area contributed by atoms with Gasteiger partial charge in [0.1, 0.15) is 5.82 Å². The maximum atomic E-state index is 12.8. The molecular formula is C15H15N7O. The van der Waals surface area contributed by atoms with E-state index in [1.165, 1.54) is 0 Å². The first-order valence-corrected chi connectivity index (χ1v) is 7.34. The average molecular weight is 309 g/mol. The molecule has 0 amide bonds. The van der Waals surface area contributed by atoms with E-state index >= 15 is 0 Å². The Labute approximate surface area is 130 Å². The van der Waals surface area contributed by atoms with Crippen LogP contribution in [-0.4, -0.2) is 34.1 Å². The third kappa shape index (κ3) is 2.19. The molecule has 0 bridgehead atoms. The molecule has 23 heavy (non-hydrogen) atoms. The first kappa shape index (κ1) is 13.6. The van der Waals surface area contributed by atoms with E-state index in [4.69, 9.17) is 0 Å². The second-order valence-corrected chi connectivity index (χ2v) is 5.47. The number of H-pyrrole nitrogens is 1. The Morgan fingerprint density at radius 3 is 2.91 bits per heavy atom. The lowest BCUT2D eigenvalue weighted by Crippen LogP contribution is -2.22. The summed E-state index contributed by atoms with van der Waals surface area (Å²) in [7, 11) is 0. The zero-order valence-electron chi connectivity index (χ0n) is 12.8. The number of imidazole rings is 1. The number of aromatic nitrogens is 7. The van der Waals surface area contributed by atoms with Crippen LogP contribution in [0.15, 0.2) is 29.6 Å². The lowest BCUT2D eigenvalue weighted by Gasteiger charge is -2.08. The van der Waals surface area contributed by atoms with E-state index in [1.54, 1.807) is 27.8 Å². The number of nitrogens with zero attached hydrogens (tertiary/aromatic N) is 6. The van der Waals surface area contributed by atoms with Crippen LogP contribution < -0.4 is 5.56 Å². The van der Waals surface area contributed by atoms with Crippen LogP contribution in [-0.2, 0) is 13.0 Å². The van der Waals surface area contributed by atoms with Gasteiger partial charge in [0.05, 0.1) is 22.9 Å². The van der Waals surface area contributed by atoms with Crippen LogP contribution in [0.5, 0.6) is 0 Å². The maximum absolute atomic E-state index is 12.8. The first-order valence-electron chi connectivity index (χ1n) is 7.34. The molecule has 0 aliphatic heterocycles. The van der Waals surface area contributed by atoms with Gasteiger partial charge in [-0.1, -0.05) is 0 Å². The maximum Gasteiger partial charge on any atom is 0.261 e. The van der Waals surface area contributed by atoms with E-state index in [9.17, 15) is 4.79 Å². The lowest BCUT2D eigenvalue weighted by molar-refractivity contribution is 0.666. The van der Waals surface area contributed by atoms with E-state index in [0.717, 1.165) is 11.2 Å². The molecule has 0 aliphatic rings. The molecule has 0 atom stereocenters. The van der Waals surface area contributed by atoms with Gasteiger partial charge in [-0.25, -0.2) is 9.97 Å². The molecule has 8 nitrogen and oxygen atoms in total. The molecule has 4 heterocycles. The van der Waals surface area contributed by atoms with Crippen LogP contribution in [0.1, 0.15) is 17.2 Å². The average Bonchev–Trinajstić information content (AvgIpc) is 3.15. The summed E-state index contributed by atoms with van der Waals surface area (Å²) in [4.78, 5) is 28.5. The molecule has 0 aliphatic carbocycles. The summed E-state index contributed by atoms with van der Waals surface area (Å²) >= 11 is 0. The van der Waals surface area contributed by atoms with Gasteiger partial charge in [0.25, 0.3) is 11.3 Å². The highest BCUT2D eigenvalue weighted by Gasteiger charge is 2.13. The molecular weight excluding hydrogens is 294 g/mol. The molecule has 0 fully saturated rings. The topological polar surface area (TPSA) is 93.8 Å². The van der Waals surface area contributed by atoms with E-state index in [0.29, 0.717) is 35.6 Å². The fourth-order valence-electron chi connectivity index (χ4n) is 2.76. The summed E-state index contributed by atoms with van der Waals surface area (Å²) in [6, 6.07) is 1.89. The Morgan fingerprint density at radius 1 is 1.26 bits per heavy atom. The molecule has 0 unspecified atom stereocenters. The third-order valence-corrected chi connectivity index (χ3v) is 3.87. The fraction of sp³-hybridized carbons (Fsp3) is 0.267. The Kier molecular flexibility index (Phi) is 2.97. The second kappa shape index (κ2) is 5.01. The minimum atomic E-state index is -0.0675. The minimum Gasteiger partial charge on any atom is -0.348 e. The highest BCUT2D eigenvalue weighted by molar-refractivity contribution is 5.81. The van der Waals surface area contributed by atoms with Crippen molar-refractivity contribution in [2.45, 2.75) is 26.8 Å². The number of hydrogen-bond donors (Lipinski definition) is 1. The number of aryl methyl sites for hydroxylation is 4. The largest absolute Gasteiger partial charge is 0.348 e. The van der Waals surface area contributed by atoms with Crippen LogP contribution in [0.2, 0.25) is 0 Å². The Hall–Kier alpha value is -3.03. The molecule has 0 aromatic carbocycles. The zero-order valence-corrected chi connectivity index (χ0v) is 12.8. The van der Waals surface area contributed by atoms with Crippen molar-refractivity contribution in [2.24, 2.45) is 0 Å². The SMILES string of the molecule is Cc1nc2nc(C)c3c(=O)n(CCc4cnc[nH]4)ccc3n2n1. The number of fused-ring (bicyclic) bond motifs is 3. The highest BCUT2D eigenvalue weighted by Crippen LogP contribution is 2.14. The third-order valence-electron chi connectivity index (χ3n) is 3.87. The van der Waals surface area contributed by atoms with E-state index in [2.05, 4.69) is 25.0 Å². The molecule has 116 valence electrons. The van der Waals surface area contributed by atoms with E-state index in [-0.39, 0.29) is 5.56 Å². The smallest absolute Gasteiger partial charge is 0.261 e. The van der Waals surface area contributed by atoms with Crippen molar-refractivity contribution < 1.29 is 0 Å². The Bertz CT molecular complexity index is 1060. The summed E-state index contributed by atoms with van der Waals surface area (Å²) < 4.78 is 3.31. The van der Waals surface area contributed by atoms with Crippen LogP contribution >= 0.6 is 0 Å². The highest BCUT2D eigenvalue weighted by atomic mass is 16.1. The summed E-state index contributed by atoms with van der Waals surface area (Å²) in [6.07, 6.45) is 5.90. The van der Waals surface area contributed by atoms with Crippen molar-refractivity contribution in [2.75, 3.05) is 0 Å². The van der Waals surface area contributed by atoms with Crippen LogP contribution in [0, 0.1) is 13.8 Å². The van der Waals surface area contributed by atoms with Crippen molar-refractivity contribution >= 4 is 16.7 Å². The van der Waals surface area contributed by atoms with E-state index < -0.39 is 0 Å². The molecule has 0 saturated carbocycles. The molecule has 4 aromatic rings. The zero-order chi connectivity index (χ0) is 16.0. The van der Waals surface area contributed by atoms with E-state index in [1.807, 2.05) is 19.9 Å². The number of pyridine rings is 1. The number of rotatable bonds is 3. The monoisotopic (exact) mass is 309 g/mol. The van der Waals surface area contributed by atoms with Gasteiger partial charge in [0.15, 0.2) is 0 Å². The predicted molar refractivity (Wildman–Crippen MR) is 84.3 cm³/mol. The van der Waals surface area contributed by atoms with Gasteiger partial charge in [-0.2, -0.15) is 9.50 Å². The van der Waals surface area contributed by atoms with Gasteiger partial charge in [0.2, 0.25) is 0 Å². The van der Waals surface area contributed by atoms with Gasteiger partial charge in [-0.3, -0.25) is 4.79 Å². The van der Waals surface area contributed by atoms with Gasteiger partial charge in [-0.15, -0.1) is 5.10 Å². The quantitative estimate of drug-likeness (QED) is 0.610. The number of nitrogens with one attached hydrogen (secondary N) is 1. The van der Waals surface area contributed by atoms with Crippen molar-refractivity contribution in [3.8, 4) is 0 Å². The van der Waals surface area contributed by atoms with Crippen molar-refractivity contribution in [1.82, 2.24) is 34.1 Å². The molecule has 8 heteroatoms.